The van der Waals surface area contributed by atoms with Gasteiger partial charge in [-0.15, -0.1) is 0 Å². The van der Waals surface area contributed by atoms with Gasteiger partial charge in [-0.3, -0.25) is 14.9 Å². The number of carbonyl (C=O) groups is 1. The number of nitro benzene ring substituents is 1. The number of hydrogen-bond donors (Lipinski definition) is 2. The lowest BCUT2D eigenvalue weighted by Crippen LogP contribution is -2.45. The minimum absolute atomic E-state index is 0.0249. The van der Waals surface area contributed by atoms with Crippen LogP contribution < -0.4 is 10.6 Å². The van der Waals surface area contributed by atoms with Crippen molar-refractivity contribution in [2.75, 3.05) is 18.4 Å². The van der Waals surface area contributed by atoms with Gasteiger partial charge in [0.05, 0.1) is 4.92 Å². The van der Waals surface area contributed by atoms with E-state index in [1.54, 1.807) is 12.1 Å². The molecule has 1 saturated heterocycles. The highest BCUT2D eigenvalue weighted by atomic mass is 16.6. The van der Waals surface area contributed by atoms with E-state index in [1.807, 2.05) is 0 Å². The molecule has 0 spiro atoms. The molecular formula is C18H24N4O3. The van der Waals surface area contributed by atoms with E-state index in [4.69, 9.17) is 0 Å². The SMILES string of the molecule is O=C(NC1CCN(C2CC2)CC1)c1ccc(NC2CC2)c([N+](=O)[O-])c1. The maximum absolute atomic E-state index is 12.5. The lowest BCUT2D eigenvalue weighted by atomic mass is 10.0. The van der Waals surface area contributed by atoms with Crippen LogP contribution in [0.1, 0.15) is 48.9 Å². The minimum Gasteiger partial charge on any atom is -0.377 e. The van der Waals surface area contributed by atoms with Crippen LogP contribution in [-0.2, 0) is 0 Å². The fourth-order valence-electron chi connectivity index (χ4n) is 3.51. The summed E-state index contributed by atoms with van der Waals surface area (Å²) in [6, 6.07) is 5.97. The third-order valence-corrected chi connectivity index (χ3v) is 5.32. The molecule has 0 unspecified atom stereocenters. The molecule has 4 rings (SSSR count). The fourth-order valence-corrected chi connectivity index (χ4v) is 3.51. The molecule has 2 aliphatic carbocycles. The molecule has 7 nitrogen and oxygen atoms in total. The van der Waals surface area contributed by atoms with Gasteiger partial charge in [-0.05, 0) is 50.7 Å². The van der Waals surface area contributed by atoms with Gasteiger partial charge < -0.3 is 15.5 Å². The Morgan fingerprint density at radius 3 is 2.40 bits per heavy atom. The summed E-state index contributed by atoms with van der Waals surface area (Å²) in [5.41, 5.74) is 0.836. The molecule has 25 heavy (non-hydrogen) atoms. The number of carbonyl (C=O) groups excluding carboxylic acids is 1. The summed E-state index contributed by atoms with van der Waals surface area (Å²) in [4.78, 5) is 25.9. The first-order valence-corrected chi connectivity index (χ1v) is 9.20. The summed E-state index contributed by atoms with van der Waals surface area (Å²) in [7, 11) is 0. The molecule has 1 aromatic rings. The Bertz CT molecular complexity index is 677. The van der Waals surface area contributed by atoms with Gasteiger partial charge in [0.2, 0.25) is 0 Å². The van der Waals surface area contributed by atoms with E-state index in [-0.39, 0.29) is 17.6 Å². The number of likely N-dealkylation sites (tertiary alicyclic amines) is 1. The standard InChI is InChI=1S/C18H24N4O3/c23-18(20-14-7-9-21(10-8-14)15-4-5-15)12-1-6-16(19-13-2-3-13)17(11-12)22(24)25/h1,6,11,13-15,19H,2-5,7-10H2,(H,20,23). The number of piperidine rings is 1. The lowest BCUT2D eigenvalue weighted by Gasteiger charge is -2.32. The molecule has 1 heterocycles. The fraction of sp³-hybridized carbons (Fsp3) is 0.611. The molecule has 1 aromatic carbocycles. The number of rotatable bonds is 6. The van der Waals surface area contributed by atoms with Crippen molar-refractivity contribution in [3.05, 3.63) is 33.9 Å². The Morgan fingerprint density at radius 2 is 1.80 bits per heavy atom. The van der Waals surface area contributed by atoms with Crippen LogP contribution in [0.4, 0.5) is 11.4 Å². The first-order chi connectivity index (χ1) is 12.1. The van der Waals surface area contributed by atoms with Crippen LogP contribution >= 0.6 is 0 Å². The largest absolute Gasteiger partial charge is 0.377 e. The van der Waals surface area contributed by atoms with E-state index >= 15 is 0 Å². The second-order valence-electron chi connectivity index (χ2n) is 7.42. The Hall–Kier alpha value is -2.15. The average molecular weight is 344 g/mol. The van der Waals surface area contributed by atoms with Gasteiger partial charge in [-0.2, -0.15) is 0 Å². The number of nitro groups is 1. The van der Waals surface area contributed by atoms with E-state index in [0.717, 1.165) is 44.8 Å². The molecular weight excluding hydrogens is 320 g/mol. The van der Waals surface area contributed by atoms with Crippen molar-refractivity contribution in [3.63, 3.8) is 0 Å². The van der Waals surface area contributed by atoms with E-state index in [2.05, 4.69) is 15.5 Å². The van der Waals surface area contributed by atoms with E-state index < -0.39 is 4.92 Å². The monoisotopic (exact) mass is 344 g/mol. The van der Waals surface area contributed by atoms with Crippen LogP contribution in [0.5, 0.6) is 0 Å². The van der Waals surface area contributed by atoms with Gasteiger partial charge in [-0.1, -0.05) is 0 Å². The van der Waals surface area contributed by atoms with Gasteiger partial charge in [0.15, 0.2) is 0 Å². The number of hydrogen-bond acceptors (Lipinski definition) is 5. The third kappa shape index (κ3) is 3.92. The molecule has 1 aliphatic heterocycles. The summed E-state index contributed by atoms with van der Waals surface area (Å²) >= 11 is 0. The van der Waals surface area contributed by atoms with Crippen molar-refractivity contribution >= 4 is 17.3 Å². The van der Waals surface area contributed by atoms with Crippen LogP contribution in [0.25, 0.3) is 0 Å². The topological polar surface area (TPSA) is 87.5 Å². The zero-order chi connectivity index (χ0) is 17.4. The van der Waals surface area contributed by atoms with Crippen LogP contribution in [0.3, 0.4) is 0 Å². The van der Waals surface area contributed by atoms with Crippen molar-refractivity contribution in [2.24, 2.45) is 0 Å². The van der Waals surface area contributed by atoms with E-state index in [9.17, 15) is 14.9 Å². The maximum Gasteiger partial charge on any atom is 0.293 e. The molecule has 0 radical (unpaired) electrons. The highest BCUT2D eigenvalue weighted by Gasteiger charge is 2.32. The van der Waals surface area contributed by atoms with E-state index in [0.29, 0.717) is 17.3 Å². The Labute approximate surface area is 146 Å². The second-order valence-corrected chi connectivity index (χ2v) is 7.42. The zero-order valence-corrected chi connectivity index (χ0v) is 14.2. The van der Waals surface area contributed by atoms with Gasteiger partial charge in [0.1, 0.15) is 5.69 Å². The van der Waals surface area contributed by atoms with Crippen LogP contribution in [0.2, 0.25) is 0 Å². The smallest absolute Gasteiger partial charge is 0.293 e. The summed E-state index contributed by atoms with van der Waals surface area (Å²) in [6.07, 6.45) is 6.60. The summed E-state index contributed by atoms with van der Waals surface area (Å²) < 4.78 is 0. The van der Waals surface area contributed by atoms with E-state index in [1.165, 1.54) is 18.9 Å². The van der Waals surface area contributed by atoms with Crippen LogP contribution in [-0.4, -0.2) is 46.9 Å². The summed E-state index contributed by atoms with van der Waals surface area (Å²) in [5.74, 6) is -0.217. The molecule has 2 saturated carbocycles. The summed E-state index contributed by atoms with van der Waals surface area (Å²) in [6.45, 7) is 2.06. The number of benzene rings is 1. The molecule has 3 fully saturated rings. The van der Waals surface area contributed by atoms with Gasteiger partial charge in [0, 0.05) is 42.8 Å². The van der Waals surface area contributed by atoms with Crippen LogP contribution in [0.15, 0.2) is 18.2 Å². The maximum atomic E-state index is 12.5. The Kier molecular flexibility index (Phi) is 4.33. The van der Waals surface area contributed by atoms with Gasteiger partial charge >= 0.3 is 0 Å². The Morgan fingerprint density at radius 1 is 1.08 bits per heavy atom. The van der Waals surface area contributed by atoms with Gasteiger partial charge in [0.25, 0.3) is 11.6 Å². The highest BCUT2D eigenvalue weighted by molar-refractivity contribution is 5.96. The van der Waals surface area contributed by atoms with Crippen molar-refractivity contribution < 1.29 is 9.72 Å². The number of amides is 1. The predicted octanol–water partition coefficient (Wildman–Crippen LogP) is 2.53. The first kappa shape index (κ1) is 16.3. The van der Waals surface area contributed by atoms with Crippen molar-refractivity contribution in [1.82, 2.24) is 10.2 Å². The molecule has 1 amide bonds. The van der Waals surface area contributed by atoms with Gasteiger partial charge in [-0.25, -0.2) is 0 Å². The molecule has 2 N–H and O–H groups in total. The molecule has 3 aliphatic rings. The first-order valence-electron chi connectivity index (χ1n) is 9.20. The predicted molar refractivity (Wildman–Crippen MR) is 94.8 cm³/mol. The van der Waals surface area contributed by atoms with Crippen molar-refractivity contribution in [2.45, 2.75) is 56.7 Å². The number of nitrogens with zero attached hydrogens (tertiary/aromatic N) is 2. The number of anilines is 1. The van der Waals surface area contributed by atoms with Crippen molar-refractivity contribution in [3.8, 4) is 0 Å². The minimum atomic E-state index is -0.421. The quantitative estimate of drug-likeness (QED) is 0.612. The van der Waals surface area contributed by atoms with Crippen LogP contribution in [0, 0.1) is 10.1 Å². The molecule has 7 heteroatoms. The second kappa shape index (κ2) is 6.63. The zero-order valence-electron chi connectivity index (χ0n) is 14.2. The normalized spacial score (nSPS) is 21.8. The number of nitrogens with one attached hydrogen (secondary N) is 2. The average Bonchev–Trinajstić information content (AvgIpc) is 3.49. The summed E-state index contributed by atoms with van der Waals surface area (Å²) in [5, 5.41) is 17.5. The molecule has 0 atom stereocenters. The lowest BCUT2D eigenvalue weighted by molar-refractivity contribution is -0.384. The Balaban J connectivity index is 1.39. The molecule has 0 aromatic heterocycles. The third-order valence-electron chi connectivity index (χ3n) is 5.32. The highest BCUT2D eigenvalue weighted by Crippen LogP contribution is 2.32. The van der Waals surface area contributed by atoms with Crippen molar-refractivity contribution in [1.29, 1.82) is 0 Å². The molecule has 0 bridgehead atoms. The molecule has 134 valence electrons.